The van der Waals surface area contributed by atoms with Gasteiger partial charge < -0.3 is 15.5 Å². The molecule has 50 heavy (non-hydrogen) atoms. The molecule has 0 saturated carbocycles. The van der Waals surface area contributed by atoms with Crippen LogP contribution in [0.15, 0.2) is 24.3 Å². The third-order valence-electron chi connectivity index (χ3n) is 10.4. The van der Waals surface area contributed by atoms with Gasteiger partial charge in [0.2, 0.25) is 5.91 Å². The number of nitrogens with one attached hydrogen (secondary N) is 1. The number of allylic oxidation sites excluding steroid dienone is 3. The van der Waals surface area contributed by atoms with Gasteiger partial charge in [-0.2, -0.15) is 0 Å². The number of amides is 1. The summed E-state index contributed by atoms with van der Waals surface area (Å²) in [5, 5.41) is 23.0. The summed E-state index contributed by atoms with van der Waals surface area (Å²) >= 11 is 0. The zero-order valence-corrected chi connectivity index (χ0v) is 33.9. The van der Waals surface area contributed by atoms with Crippen molar-refractivity contribution in [1.82, 2.24) is 5.32 Å². The molecule has 0 aromatic rings. The Balaban J connectivity index is 3.49. The molecule has 0 aliphatic carbocycles. The second-order valence-electron chi connectivity index (χ2n) is 15.5. The van der Waals surface area contributed by atoms with E-state index in [4.69, 9.17) is 0 Å². The summed E-state index contributed by atoms with van der Waals surface area (Å²) in [4.78, 5) is 12.4. The van der Waals surface area contributed by atoms with Gasteiger partial charge in [0.25, 0.3) is 0 Å². The fraction of sp³-hybridized carbons (Fsp3) is 0.891. The highest BCUT2D eigenvalue weighted by molar-refractivity contribution is 5.76. The van der Waals surface area contributed by atoms with Crippen molar-refractivity contribution in [3.63, 3.8) is 0 Å². The fourth-order valence-electron chi connectivity index (χ4n) is 6.94. The van der Waals surface area contributed by atoms with Gasteiger partial charge in [-0.3, -0.25) is 4.79 Å². The van der Waals surface area contributed by atoms with Gasteiger partial charge in [0.15, 0.2) is 0 Å². The Kier molecular flexibility index (Phi) is 41.3. The van der Waals surface area contributed by atoms with Gasteiger partial charge in [-0.05, 0) is 44.9 Å². The number of carbonyl (C=O) groups is 1. The maximum atomic E-state index is 12.4. The summed E-state index contributed by atoms with van der Waals surface area (Å²) in [5.74, 6) is -0.0626. The minimum absolute atomic E-state index is 0.0626. The predicted molar refractivity (Wildman–Crippen MR) is 221 cm³/mol. The summed E-state index contributed by atoms with van der Waals surface area (Å²) in [6, 6.07) is -0.618. The lowest BCUT2D eigenvalue weighted by Gasteiger charge is -2.20. The first-order valence-electron chi connectivity index (χ1n) is 22.6. The molecule has 1 amide bonds. The molecule has 4 nitrogen and oxygen atoms in total. The lowest BCUT2D eigenvalue weighted by Crippen LogP contribution is -2.45. The molecule has 296 valence electrons. The molecule has 0 spiro atoms. The van der Waals surface area contributed by atoms with E-state index < -0.39 is 12.1 Å². The summed E-state index contributed by atoms with van der Waals surface area (Å²) in [6.45, 7) is 4.31. The molecule has 0 heterocycles. The highest BCUT2D eigenvalue weighted by Crippen LogP contribution is 2.15. The van der Waals surface area contributed by atoms with E-state index in [2.05, 4.69) is 31.3 Å². The van der Waals surface area contributed by atoms with Gasteiger partial charge in [0, 0.05) is 6.42 Å². The summed E-state index contributed by atoms with van der Waals surface area (Å²) in [6.07, 6.45) is 54.3. The quantitative estimate of drug-likeness (QED) is 0.0438. The van der Waals surface area contributed by atoms with Crippen LogP contribution in [0, 0.1) is 0 Å². The third kappa shape index (κ3) is 38.1. The normalized spacial score (nSPS) is 13.1. The average molecular weight is 704 g/mol. The van der Waals surface area contributed by atoms with Crippen LogP contribution in [-0.2, 0) is 4.79 Å². The third-order valence-corrected chi connectivity index (χ3v) is 10.4. The van der Waals surface area contributed by atoms with Crippen LogP contribution in [0.25, 0.3) is 0 Å². The Morgan fingerprint density at radius 2 is 0.760 bits per heavy atom. The van der Waals surface area contributed by atoms with Crippen LogP contribution in [0.5, 0.6) is 0 Å². The van der Waals surface area contributed by atoms with Crippen molar-refractivity contribution in [2.24, 2.45) is 0 Å². The molecule has 0 bridgehead atoms. The van der Waals surface area contributed by atoms with Crippen LogP contribution < -0.4 is 5.32 Å². The van der Waals surface area contributed by atoms with Crippen LogP contribution in [-0.4, -0.2) is 34.9 Å². The molecule has 0 aliphatic rings. The first kappa shape index (κ1) is 48.9. The van der Waals surface area contributed by atoms with Gasteiger partial charge >= 0.3 is 0 Å². The molecule has 4 heteroatoms. The maximum absolute atomic E-state index is 12.4. The van der Waals surface area contributed by atoms with E-state index in [1.807, 2.05) is 6.08 Å². The Labute approximate surface area is 313 Å². The molecule has 3 N–H and O–H groups in total. The van der Waals surface area contributed by atoms with Crippen molar-refractivity contribution in [2.75, 3.05) is 6.61 Å². The zero-order valence-electron chi connectivity index (χ0n) is 33.9. The zero-order chi connectivity index (χ0) is 36.4. The number of carbonyl (C=O) groups excluding carboxylic acids is 1. The van der Waals surface area contributed by atoms with Gasteiger partial charge in [0.05, 0.1) is 18.8 Å². The minimum Gasteiger partial charge on any atom is -0.394 e. The standard InChI is InChI=1S/C46H89NO3/c1-3-5-7-9-11-13-15-17-18-19-20-21-22-23-24-25-26-27-28-30-32-34-36-38-40-42-46(50)47-44(43-48)45(49)41-39-37-35-33-31-29-16-14-12-10-8-6-4-2/h19-20,39,41,44-45,48-49H,3-18,21-38,40,42-43H2,1-2H3,(H,47,50)/b20-19-,41-39+. The van der Waals surface area contributed by atoms with Crippen LogP contribution >= 0.6 is 0 Å². The molecule has 0 aromatic heterocycles. The van der Waals surface area contributed by atoms with E-state index in [9.17, 15) is 15.0 Å². The van der Waals surface area contributed by atoms with Crippen LogP contribution in [0.2, 0.25) is 0 Å². The summed E-state index contributed by atoms with van der Waals surface area (Å²) in [7, 11) is 0. The molecule has 0 radical (unpaired) electrons. The van der Waals surface area contributed by atoms with E-state index in [0.29, 0.717) is 6.42 Å². The maximum Gasteiger partial charge on any atom is 0.220 e. The van der Waals surface area contributed by atoms with Gasteiger partial charge in [-0.1, -0.05) is 218 Å². The number of hydrogen-bond donors (Lipinski definition) is 3. The molecule has 0 rings (SSSR count). The SMILES string of the molecule is CCCCCCCCCC/C=C\CCCCCCCCCCCCCCCC(=O)NC(CO)C(O)/C=C/CCCCCCCCCCCCC. The molecule has 0 saturated heterocycles. The molecular formula is C46H89NO3. The van der Waals surface area contributed by atoms with E-state index in [1.165, 1.54) is 199 Å². The Morgan fingerprint density at radius 3 is 1.10 bits per heavy atom. The van der Waals surface area contributed by atoms with Crippen molar-refractivity contribution >= 4 is 5.91 Å². The van der Waals surface area contributed by atoms with Crippen molar-refractivity contribution < 1.29 is 15.0 Å². The van der Waals surface area contributed by atoms with Gasteiger partial charge in [0.1, 0.15) is 0 Å². The number of aliphatic hydroxyl groups excluding tert-OH is 2. The van der Waals surface area contributed by atoms with E-state index >= 15 is 0 Å². The van der Waals surface area contributed by atoms with Crippen LogP contribution in [0.1, 0.15) is 245 Å². The van der Waals surface area contributed by atoms with E-state index in [0.717, 1.165) is 25.7 Å². The summed E-state index contributed by atoms with van der Waals surface area (Å²) in [5.41, 5.74) is 0. The highest BCUT2D eigenvalue weighted by atomic mass is 16.3. The van der Waals surface area contributed by atoms with Crippen molar-refractivity contribution in [2.45, 2.75) is 257 Å². The molecule has 0 aliphatic heterocycles. The van der Waals surface area contributed by atoms with Crippen molar-refractivity contribution in [3.05, 3.63) is 24.3 Å². The second kappa shape index (κ2) is 42.3. The molecule has 0 fully saturated rings. The van der Waals surface area contributed by atoms with Crippen LogP contribution in [0.4, 0.5) is 0 Å². The lowest BCUT2D eigenvalue weighted by atomic mass is 10.0. The van der Waals surface area contributed by atoms with Gasteiger partial charge in [-0.15, -0.1) is 0 Å². The largest absolute Gasteiger partial charge is 0.394 e. The van der Waals surface area contributed by atoms with Crippen molar-refractivity contribution in [1.29, 1.82) is 0 Å². The second-order valence-corrected chi connectivity index (χ2v) is 15.5. The predicted octanol–water partition coefficient (Wildman–Crippen LogP) is 14.0. The number of rotatable bonds is 41. The molecular weight excluding hydrogens is 615 g/mol. The monoisotopic (exact) mass is 704 g/mol. The molecule has 0 aromatic carbocycles. The highest BCUT2D eigenvalue weighted by Gasteiger charge is 2.17. The molecule has 2 atom stereocenters. The first-order chi connectivity index (χ1) is 24.7. The Bertz CT molecular complexity index is 720. The Morgan fingerprint density at radius 1 is 0.460 bits per heavy atom. The number of aliphatic hydroxyl groups is 2. The van der Waals surface area contributed by atoms with Gasteiger partial charge in [-0.25, -0.2) is 0 Å². The lowest BCUT2D eigenvalue weighted by molar-refractivity contribution is -0.123. The van der Waals surface area contributed by atoms with E-state index in [-0.39, 0.29) is 12.5 Å². The topological polar surface area (TPSA) is 69.6 Å². The Hall–Kier alpha value is -1.13. The van der Waals surface area contributed by atoms with E-state index in [1.54, 1.807) is 6.08 Å². The minimum atomic E-state index is -0.835. The fourth-order valence-corrected chi connectivity index (χ4v) is 6.94. The van der Waals surface area contributed by atoms with Crippen LogP contribution in [0.3, 0.4) is 0 Å². The smallest absolute Gasteiger partial charge is 0.220 e. The molecule has 2 unspecified atom stereocenters. The van der Waals surface area contributed by atoms with Crippen molar-refractivity contribution in [3.8, 4) is 0 Å². The summed E-state index contributed by atoms with van der Waals surface area (Å²) < 4.78 is 0. The number of hydrogen-bond acceptors (Lipinski definition) is 3. The number of unbranched alkanes of at least 4 members (excludes halogenated alkanes) is 32. The average Bonchev–Trinajstić information content (AvgIpc) is 3.12. The first-order valence-corrected chi connectivity index (χ1v) is 22.6.